The monoisotopic (exact) mass is 290 g/mol. The zero-order chi connectivity index (χ0) is 13.0. The van der Waals surface area contributed by atoms with Gasteiger partial charge < -0.3 is 5.73 Å². The summed E-state index contributed by atoms with van der Waals surface area (Å²) in [7, 11) is 0. The summed E-state index contributed by atoms with van der Waals surface area (Å²) in [6.45, 7) is 3.08. The normalized spacial score (nSPS) is 20.1. The first-order chi connectivity index (χ1) is 8.70. The molecule has 1 heterocycles. The van der Waals surface area contributed by atoms with Gasteiger partial charge in [-0.2, -0.15) is 0 Å². The second-order valence-corrected chi connectivity index (χ2v) is 5.03. The van der Waals surface area contributed by atoms with Gasteiger partial charge in [-0.15, -0.1) is 12.4 Å². The molecule has 0 aromatic heterocycles. The van der Waals surface area contributed by atoms with Gasteiger partial charge in [0.1, 0.15) is 0 Å². The maximum atomic E-state index is 13.6. The topological polar surface area (TPSA) is 29.3 Å². The SMILES string of the molecule is Cl.NCCC1CCCN(Cc2cccc(F)c2F)C1. The number of halogens is 3. The molecule has 0 saturated carbocycles. The molecular formula is C14H21ClF2N2. The summed E-state index contributed by atoms with van der Waals surface area (Å²) in [6.07, 6.45) is 3.32. The van der Waals surface area contributed by atoms with Gasteiger partial charge in [0.15, 0.2) is 11.6 Å². The fourth-order valence-electron chi connectivity index (χ4n) is 2.68. The Morgan fingerprint density at radius 3 is 2.84 bits per heavy atom. The standard InChI is InChI=1S/C14H20F2N2.ClH/c15-13-5-1-4-12(14(13)16)10-18-8-2-3-11(9-18)6-7-17;/h1,4-5,11H,2-3,6-10,17H2;1H. The molecule has 108 valence electrons. The van der Waals surface area contributed by atoms with Crippen molar-refractivity contribution < 1.29 is 8.78 Å². The molecule has 0 bridgehead atoms. The molecule has 1 aromatic carbocycles. The van der Waals surface area contributed by atoms with Crippen LogP contribution in [0.4, 0.5) is 8.78 Å². The molecule has 1 fully saturated rings. The zero-order valence-corrected chi connectivity index (χ0v) is 11.8. The molecule has 1 atom stereocenters. The third-order valence-corrected chi connectivity index (χ3v) is 3.60. The largest absolute Gasteiger partial charge is 0.330 e. The number of hydrogen-bond donors (Lipinski definition) is 1. The number of likely N-dealkylation sites (tertiary alicyclic amines) is 1. The highest BCUT2D eigenvalue weighted by molar-refractivity contribution is 5.85. The molecule has 2 nitrogen and oxygen atoms in total. The third-order valence-electron chi connectivity index (χ3n) is 3.60. The number of piperidine rings is 1. The van der Waals surface area contributed by atoms with E-state index in [1.165, 1.54) is 6.42 Å². The lowest BCUT2D eigenvalue weighted by Gasteiger charge is -2.32. The zero-order valence-electron chi connectivity index (χ0n) is 10.9. The van der Waals surface area contributed by atoms with E-state index in [9.17, 15) is 8.78 Å². The van der Waals surface area contributed by atoms with Gasteiger partial charge in [0, 0.05) is 18.7 Å². The van der Waals surface area contributed by atoms with Gasteiger partial charge in [0.05, 0.1) is 0 Å². The average Bonchev–Trinajstić information content (AvgIpc) is 2.36. The Bertz CT molecular complexity index is 399. The van der Waals surface area contributed by atoms with E-state index in [0.29, 0.717) is 24.6 Å². The number of rotatable bonds is 4. The molecule has 5 heteroatoms. The molecule has 2 rings (SSSR count). The molecule has 1 aliphatic rings. The second kappa shape index (κ2) is 7.78. The van der Waals surface area contributed by atoms with Crippen molar-refractivity contribution in [2.45, 2.75) is 25.8 Å². The Labute approximate surface area is 119 Å². The fraction of sp³-hybridized carbons (Fsp3) is 0.571. The first-order valence-corrected chi connectivity index (χ1v) is 6.56. The quantitative estimate of drug-likeness (QED) is 0.924. The van der Waals surface area contributed by atoms with E-state index >= 15 is 0 Å². The van der Waals surface area contributed by atoms with Crippen LogP contribution in [0, 0.1) is 17.6 Å². The summed E-state index contributed by atoms with van der Waals surface area (Å²) in [5, 5.41) is 0. The minimum Gasteiger partial charge on any atom is -0.330 e. The van der Waals surface area contributed by atoms with Crippen LogP contribution in [0.15, 0.2) is 18.2 Å². The molecule has 2 N–H and O–H groups in total. The van der Waals surface area contributed by atoms with Crippen molar-refractivity contribution in [2.24, 2.45) is 11.7 Å². The lowest BCUT2D eigenvalue weighted by atomic mass is 9.94. The van der Waals surface area contributed by atoms with E-state index in [0.717, 1.165) is 32.0 Å². The van der Waals surface area contributed by atoms with Gasteiger partial charge in [-0.1, -0.05) is 12.1 Å². The van der Waals surface area contributed by atoms with Crippen LogP contribution in [0.2, 0.25) is 0 Å². The summed E-state index contributed by atoms with van der Waals surface area (Å²) in [4.78, 5) is 2.20. The van der Waals surface area contributed by atoms with Crippen molar-refractivity contribution in [3.05, 3.63) is 35.4 Å². The summed E-state index contributed by atoms with van der Waals surface area (Å²) in [5.41, 5.74) is 6.02. The van der Waals surface area contributed by atoms with Crippen molar-refractivity contribution in [3.63, 3.8) is 0 Å². The smallest absolute Gasteiger partial charge is 0.163 e. The maximum Gasteiger partial charge on any atom is 0.163 e. The minimum absolute atomic E-state index is 0. The first kappa shape index (κ1) is 16.3. The van der Waals surface area contributed by atoms with Crippen molar-refractivity contribution in [1.29, 1.82) is 0 Å². The number of nitrogens with two attached hydrogens (primary N) is 1. The lowest BCUT2D eigenvalue weighted by Crippen LogP contribution is -2.35. The van der Waals surface area contributed by atoms with E-state index in [2.05, 4.69) is 4.90 Å². The fourth-order valence-corrected chi connectivity index (χ4v) is 2.68. The Morgan fingerprint density at radius 2 is 2.11 bits per heavy atom. The van der Waals surface area contributed by atoms with Crippen LogP contribution in [0.25, 0.3) is 0 Å². The molecule has 1 aliphatic heterocycles. The summed E-state index contributed by atoms with van der Waals surface area (Å²) in [6, 6.07) is 4.38. The Kier molecular flexibility index (Phi) is 6.69. The summed E-state index contributed by atoms with van der Waals surface area (Å²) < 4.78 is 26.7. The molecule has 1 unspecified atom stereocenters. The molecule has 19 heavy (non-hydrogen) atoms. The predicted molar refractivity (Wildman–Crippen MR) is 75.3 cm³/mol. The molecule has 1 saturated heterocycles. The van der Waals surface area contributed by atoms with Gasteiger partial charge in [0.25, 0.3) is 0 Å². The Hall–Kier alpha value is -0.710. The van der Waals surface area contributed by atoms with Crippen LogP contribution in [0.1, 0.15) is 24.8 Å². The summed E-state index contributed by atoms with van der Waals surface area (Å²) >= 11 is 0. The van der Waals surface area contributed by atoms with Gasteiger partial charge in [-0.05, 0) is 44.3 Å². The van der Waals surface area contributed by atoms with Crippen molar-refractivity contribution in [3.8, 4) is 0 Å². The molecule has 0 spiro atoms. The number of nitrogens with zero attached hydrogens (tertiary/aromatic N) is 1. The minimum atomic E-state index is -0.761. The Morgan fingerprint density at radius 1 is 1.32 bits per heavy atom. The Balaban J connectivity index is 0.00000180. The molecule has 0 amide bonds. The number of hydrogen-bond acceptors (Lipinski definition) is 2. The highest BCUT2D eigenvalue weighted by Crippen LogP contribution is 2.22. The van der Waals surface area contributed by atoms with Gasteiger partial charge in [-0.3, -0.25) is 4.90 Å². The van der Waals surface area contributed by atoms with Crippen LogP contribution in [0.5, 0.6) is 0 Å². The highest BCUT2D eigenvalue weighted by atomic mass is 35.5. The van der Waals surface area contributed by atoms with Crippen molar-refractivity contribution in [1.82, 2.24) is 4.90 Å². The van der Waals surface area contributed by atoms with Crippen molar-refractivity contribution >= 4 is 12.4 Å². The van der Waals surface area contributed by atoms with E-state index in [4.69, 9.17) is 5.73 Å². The van der Waals surface area contributed by atoms with Crippen LogP contribution in [0.3, 0.4) is 0 Å². The van der Waals surface area contributed by atoms with Gasteiger partial charge >= 0.3 is 0 Å². The van der Waals surface area contributed by atoms with E-state index in [1.807, 2.05) is 0 Å². The molecule has 0 radical (unpaired) electrons. The highest BCUT2D eigenvalue weighted by Gasteiger charge is 2.20. The van der Waals surface area contributed by atoms with Crippen LogP contribution in [-0.4, -0.2) is 24.5 Å². The van der Waals surface area contributed by atoms with Crippen LogP contribution in [-0.2, 0) is 6.54 Å². The third kappa shape index (κ3) is 4.41. The van der Waals surface area contributed by atoms with Crippen LogP contribution < -0.4 is 5.73 Å². The second-order valence-electron chi connectivity index (χ2n) is 5.03. The van der Waals surface area contributed by atoms with Crippen molar-refractivity contribution in [2.75, 3.05) is 19.6 Å². The maximum absolute atomic E-state index is 13.6. The first-order valence-electron chi connectivity index (χ1n) is 6.56. The van der Waals surface area contributed by atoms with Crippen LogP contribution >= 0.6 is 12.4 Å². The molecule has 1 aromatic rings. The average molecular weight is 291 g/mol. The van der Waals surface area contributed by atoms with E-state index < -0.39 is 11.6 Å². The van der Waals surface area contributed by atoms with Gasteiger partial charge in [-0.25, -0.2) is 8.78 Å². The van der Waals surface area contributed by atoms with Gasteiger partial charge in [0.2, 0.25) is 0 Å². The lowest BCUT2D eigenvalue weighted by molar-refractivity contribution is 0.161. The number of benzene rings is 1. The van der Waals surface area contributed by atoms with E-state index in [1.54, 1.807) is 12.1 Å². The predicted octanol–water partition coefficient (Wildman–Crippen LogP) is 2.95. The molecule has 0 aliphatic carbocycles. The van der Waals surface area contributed by atoms with E-state index in [-0.39, 0.29) is 12.4 Å². The molecular weight excluding hydrogens is 270 g/mol. The summed E-state index contributed by atoms with van der Waals surface area (Å²) in [5.74, 6) is -0.873.